The van der Waals surface area contributed by atoms with Crippen LogP contribution in [0.5, 0.6) is 0 Å². The zero-order valence-corrected chi connectivity index (χ0v) is 14.1. The molecule has 1 aromatic rings. The Morgan fingerprint density at radius 1 is 1.09 bits per heavy atom. The van der Waals surface area contributed by atoms with Crippen molar-refractivity contribution in [1.29, 1.82) is 0 Å². The lowest BCUT2D eigenvalue weighted by Gasteiger charge is -2.21. The second-order valence-corrected chi connectivity index (χ2v) is 5.60. The molecule has 128 valence electrons. The Balaban J connectivity index is 2.44. The fraction of sp³-hybridized carbons (Fsp3) is 0.529. The van der Waals surface area contributed by atoms with E-state index in [0.29, 0.717) is 25.3 Å². The molecule has 0 saturated carbocycles. The molecule has 1 aromatic carbocycles. The number of methoxy groups -OCH3 is 1. The molecule has 23 heavy (non-hydrogen) atoms. The van der Waals surface area contributed by atoms with Gasteiger partial charge in [-0.1, -0.05) is 32.0 Å². The SMILES string of the molecule is COCCNCCNC(=O)C(NC(=O)c1ccccc1)C(C)C. The minimum Gasteiger partial charge on any atom is -0.383 e. The molecule has 1 unspecified atom stereocenters. The minimum absolute atomic E-state index is 0.00381. The molecule has 0 fully saturated rings. The number of carbonyl (C=O) groups excluding carboxylic acids is 2. The summed E-state index contributed by atoms with van der Waals surface area (Å²) >= 11 is 0. The predicted molar refractivity (Wildman–Crippen MR) is 90.3 cm³/mol. The van der Waals surface area contributed by atoms with Gasteiger partial charge in [-0.15, -0.1) is 0 Å². The molecule has 1 rings (SSSR count). The van der Waals surface area contributed by atoms with Crippen molar-refractivity contribution >= 4 is 11.8 Å². The first-order chi connectivity index (χ1) is 11.1. The van der Waals surface area contributed by atoms with Crippen LogP contribution in [0.1, 0.15) is 24.2 Å². The largest absolute Gasteiger partial charge is 0.383 e. The van der Waals surface area contributed by atoms with E-state index >= 15 is 0 Å². The molecule has 2 amide bonds. The van der Waals surface area contributed by atoms with Crippen molar-refractivity contribution in [3.63, 3.8) is 0 Å². The number of benzene rings is 1. The van der Waals surface area contributed by atoms with Gasteiger partial charge in [0.05, 0.1) is 6.61 Å². The highest BCUT2D eigenvalue weighted by molar-refractivity contribution is 5.97. The van der Waals surface area contributed by atoms with Crippen molar-refractivity contribution in [1.82, 2.24) is 16.0 Å². The van der Waals surface area contributed by atoms with Crippen LogP contribution in [0, 0.1) is 5.92 Å². The number of ether oxygens (including phenoxy) is 1. The molecule has 0 saturated heterocycles. The average molecular weight is 321 g/mol. The summed E-state index contributed by atoms with van der Waals surface area (Å²) in [6.45, 7) is 6.36. The Morgan fingerprint density at radius 2 is 1.78 bits per heavy atom. The first-order valence-corrected chi connectivity index (χ1v) is 7.89. The fourth-order valence-electron chi connectivity index (χ4n) is 2.03. The number of hydrogen-bond donors (Lipinski definition) is 3. The standard InChI is InChI=1S/C17H27N3O3/c1-13(2)15(17(22)19-10-9-18-11-12-23-3)20-16(21)14-7-5-4-6-8-14/h4-8,13,15,18H,9-12H2,1-3H3,(H,19,22)(H,20,21). The van der Waals surface area contributed by atoms with Gasteiger partial charge in [0.15, 0.2) is 0 Å². The second kappa shape index (κ2) is 10.7. The molecule has 0 aliphatic rings. The average Bonchev–Trinajstić information content (AvgIpc) is 2.55. The Morgan fingerprint density at radius 3 is 2.39 bits per heavy atom. The first-order valence-electron chi connectivity index (χ1n) is 7.89. The van der Waals surface area contributed by atoms with Gasteiger partial charge >= 0.3 is 0 Å². The van der Waals surface area contributed by atoms with Crippen molar-refractivity contribution < 1.29 is 14.3 Å². The van der Waals surface area contributed by atoms with Crippen molar-refractivity contribution in [3.8, 4) is 0 Å². The summed E-state index contributed by atoms with van der Waals surface area (Å²) in [6, 6.07) is 8.34. The summed E-state index contributed by atoms with van der Waals surface area (Å²) < 4.78 is 4.93. The van der Waals surface area contributed by atoms with Gasteiger partial charge in [0.1, 0.15) is 6.04 Å². The van der Waals surface area contributed by atoms with Crippen molar-refractivity contribution in [2.75, 3.05) is 33.4 Å². The smallest absolute Gasteiger partial charge is 0.251 e. The molecular formula is C17H27N3O3. The molecule has 0 aliphatic carbocycles. The van der Waals surface area contributed by atoms with Crippen LogP contribution in [0.4, 0.5) is 0 Å². The van der Waals surface area contributed by atoms with Gasteiger partial charge < -0.3 is 20.7 Å². The van der Waals surface area contributed by atoms with E-state index in [2.05, 4.69) is 16.0 Å². The molecule has 1 atom stereocenters. The van der Waals surface area contributed by atoms with Gasteiger partial charge in [-0.3, -0.25) is 9.59 Å². The minimum atomic E-state index is -0.554. The lowest BCUT2D eigenvalue weighted by atomic mass is 10.0. The van der Waals surface area contributed by atoms with Gasteiger partial charge in [-0.25, -0.2) is 0 Å². The maximum absolute atomic E-state index is 12.3. The van der Waals surface area contributed by atoms with E-state index in [1.807, 2.05) is 19.9 Å². The summed E-state index contributed by atoms with van der Waals surface area (Å²) in [7, 11) is 1.64. The Kier molecular flexibility index (Phi) is 8.94. The molecule has 6 heteroatoms. The third-order valence-electron chi connectivity index (χ3n) is 3.36. The van der Waals surface area contributed by atoms with E-state index in [1.165, 1.54) is 0 Å². The van der Waals surface area contributed by atoms with Crippen molar-refractivity contribution in [2.45, 2.75) is 19.9 Å². The van der Waals surface area contributed by atoms with Gasteiger partial charge in [0.2, 0.25) is 5.91 Å². The van der Waals surface area contributed by atoms with E-state index in [0.717, 1.165) is 6.54 Å². The molecule has 0 bridgehead atoms. The number of amides is 2. The van der Waals surface area contributed by atoms with Gasteiger partial charge in [0, 0.05) is 32.3 Å². The Hall–Kier alpha value is -1.92. The molecule has 3 N–H and O–H groups in total. The molecule has 0 radical (unpaired) electrons. The molecule has 0 heterocycles. The highest BCUT2D eigenvalue weighted by Crippen LogP contribution is 2.05. The summed E-state index contributed by atoms with van der Waals surface area (Å²) in [5, 5.41) is 8.79. The topological polar surface area (TPSA) is 79.5 Å². The van der Waals surface area contributed by atoms with E-state index in [4.69, 9.17) is 4.74 Å². The molecule has 0 aliphatic heterocycles. The van der Waals surface area contributed by atoms with Crippen LogP contribution >= 0.6 is 0 Å². The van der Waals surface area contributed by atoms with Crippen molar-refractivity contribution in [2.24, 2.45) is 5.92 Å². The number of rotatable bonds is 10. The second-order valence-electron chi connectivity index (χ2n) is 5.60. The monoisotopic (exact) mass is 321 g/mol. The third-order valence-corrected chi connectivity index (χ3v) is 3.36. The summed E-state index contributed by atoms with van der Waals surface area (Å²) in [6.07, 6.45) is 0. The molecular weight excluding hydrogens is 294 g/mol. The van der Waals surface area contributed by atoms with E-state index in [-0.39, 0.29) is 17.7 Å². The highest BCUT2D eigenvalue weighted by atomic mass is 16.5. The summed E-state index contributed by atoms with van der Waals surface area (Å²) in [5.74, 6) is -0.403. The van der Waals surface area contributed by atoms with Gasteiger partial charge in [0.25, 0.3) is 5.91 Å². The maximum Gasteiger partial charge on any atom is 0.251 e. The van der Waals surface area contributed by atoms with E-state index in [1.54, 1.807) is 31.4 Å². The number of nitrogens with one attached hydrogen (secondary N) is 3. The summed E-state index contributed by atoms with van der Waals surface area (Å²) in [5.41, 5.74) is 0.548. The van der Waals surface area contributed by atoms with Crippen LogP contribution < -0.4 is 16.0 Å². The quantitative estimate of drug-likeness (QED) is 0.557. The van der Waals surface area contributed by atoms with E-state index in [9.17, 15) is 9.59 Å². The van der Waals surface area contributed by atoms with Crippen LogP contribution in [0.3, 0.4) is 0 Å². The first kappa shape index (κ1) is 19.1. The molecule has 0 spiro atoms. The number of carbonyl (C=O) groups is 2. The van der Waals surface area contributed by atoms with E-state index < -0.39 is 6.04 Å². The Labute approximate surface area is 138 Å². The van der Waals surface area contributed by atoms with Crippen LogP contribution in [-0.2, 0) is 9.53 Å². The van der Waals surface area contributed by atoms with Gasteiger partial charge in [-0.2, -0.15) is 0 Å². The zero-order valence-electron chi connectivity index (χ0n) is 14.1. The molecule has 6 nitrogen and oxygen atoms in total. The lowest BCUT2D eigenvalue weighted by molar-refractivity contribution is -0.123. The maximum atomic E-state index is 12.3. The highest BCUT2D eigenvalue weighted by Gasteiger charge is 2.24. The Bertz CT molecular complexity index is 477. The fourth-order valence-corrected chi connectivity index (χ4v) is 2.03. The van der Waals surface area contributed by atoms with Crippen LogP contribution in [0.2, 0.25) is 0 Å². The predicted octanol–water partition coefficient (Wildman–Crippen LogP) is 0.793. The van der Waals surface area contributed by atoms with Crippen LogP contribution in [-0.4, -0.2) is 51.2 Å². The normalized spacial score (nSPS) is 12.0. The lowest BCUT2D eigenvalue weighted by Crippen LogP contribution is -2.50. The van der Waals surface area contributed by atoms with Crippen LogP contribution in [0.25, 0.3) is 0 Å². The molecule has 0 aromatic heterocycles. The van der Waals surface area contributed by atoms with Crippen molar-refractivity contribution in [3.05, 3.63) is 35.9 Å². The summed E-state index contributed by atoms with van der Waals surface area (Å²) in [4.78, 5) is 24.5. The zero-order chi connectivity index (χ0) is 17.1. The third kappa shape index (κ3) is 7.25. The van der Waals surface area contributed by atoms with Crippen LogP contribution in [0.15, 0.2) is 30.3 Å². The number of hydrogen-bond acceptors (Lipinski definition) is 4. The van der Waals surface area contributed by atoms with Gasteiger partial charge in [-0.05, 0) is 18.1 Å².